The van der Waals surface area contributed by atoms with Gasteiger partial charge in [0.25, 0.3) is 11.8 Å². The summed E-state index contributed by atoms with van der Waals surface area (Å²) in [5, 5.41) is 6.63. The molecule has 0 aliphatic rings. The summed E-state index contributed by atoms with van der Waals surface area (Å²) < 4.78 is 16.6. The number of esters is 1. The number of hydrogen-bond acceptors (Lipinski definition) is 7. The van der Waals surface area contributed by atoms with Crippen LogP contribution in [0.3, 0.4) is 0 Å². The highest BCUT2D eigenvalue weighted by Gasteiger charge is 2.15. The number of carbonyl (C=O) groups excluding carboxylic acids is 3. The van der Waals surface area contributed by atoms with Crippen molar-refractivity contribution in [2.45, 2.75) is 0 Å². The van der Waals surface area contributed by atoms with E-state index in [0.717, 1.165) is 0 Å². The van der Waals surface area contributed by atoms with Crippen LogP contribution in [-0.2, 0) is 4.79 Å². The Balaban J connectivity index is 1.63. The SMILES string of the molecule is COc1ccc(C(=O)Oc2ccc(Br)cc2/C=N/NC(=O)CNC(=O)c2ccccc2Cl)cc1OC. The summed E-state index contributed by atoms with van der Waals surface area (Å²) in [6.07, 6.45) is 1.32. The van der Waals surface area contributed by atoms with Crippen LogP contribution in [0.1, 0.15) is 26.3 Å². The number of ether oxygens (including phenoxy) is 3. The molecule has 0 fully saturated rings. The molecule has 3 rings (SSSR count). The predicted molar refractivity (Wildman–Crippen MR) is 138 cm³/mol. The molecule has 0 atom stereocenters. The minimum absolute atomic E-state index is 0.211. The zero-order chi connectivity index (χ0) is 26.1. The minimum Gasteiger partial charge on any atom is -0.493 e. The fourth-order valence-electron chi connectivity index (χ4n) is 2.95. The number of benzene rings is 3. The van der Waals surface area contributed by atoms with Crippen molar-refractivity contribution in [1.29, 1.82) is 0 Å². The molecule has 186 valence electrons. The minimum atomic E-state index is -0.626. The van der Waals surface area contributed by atoms with Crippen molar-refractivity contribution in [2.24, 2.45) is 5.10 Å². The average molecular weight is 575 g/mol. The van der Waals surface area contributed by atoms with Gasteiger partial charge in [-0.1, -0.05) is 39.7 Å². The van der Waals surface area contributed by atoms with Gasteiger partial charge in [0.2, 0.25) is 0 Å². The molecule has 0 aliphatic heterocycles. The van der Waals surface area contributed by atoms with Gasteiger partial charge in [0, 0.05) is 10.0 Å². The molecular weight excluding hydrogens is 554 g/mol. The standard InChI is InChI=1S/C25H21BrClN3O6/c1-34-21-9-7-15(12-22(21)35-2)25(33)36-20-10-8-17(26)11-16(20)13-29-30-23(31)14-28-24(32)18-5-3-4-6-19(18)27/h3-13H,14H2,1-2H3,(H,28,32)(H,30,31)/b29-13+. The van der Waals surface area contributed by atoms with Gasteiger partial charge >= 0.3 is 5.97 Å². The maximum atomic E-state index is 12.7. The molecule has 2 N–H and O–H groups in total. The molecular formula is C25H21BrClN3O6. The lowest BCUT2D eigenvalue weighted by Crippen LogP contribution is -2.35. The predicted octanol–water partition coefficient (Wildman–Crippen LogP) is 4.22. The zero-order valence-corrected chi connectivity index (χ0v) is 21.6. The van der Waals surface area contributed by atoms with E-state index < -0.39 is 17.8 Å². The van der Waals surface area contributed by atoms with Crippen LogP contribution in [0.15, 0.2) is 70.2 Å². The van der Waals surface area contributed by atoms with Gasteiger partial charge in [-0.15, -0.1) is 0 Å². The number of carbonyl (C=O) groups is 3. The lowest BCUT2D eigenvalue weighted by Gasteiger charge is -2.11. The number of nitrogens with one attached hydrogen (secondary N) is 2. The first-order valence-corrected chi connectivity index (χ1v) is 11.6. The first kappa shape index (κ1) is 26.7. The van der Waals surface area contributed by atoms with E-state index in [1.54, 1.807) is 54.6 Å². The Morgan fingerprint density at radius 2 is 1.69 bits per heavy atom. The van der Waals surface area contributed by atoms with Gasteiger partial charge in [0.15, 0.2) is 11.5 Å². The highest BCUT2D eigenvalue weighted by molar-refractivity contribution is 9.10. The van der Waals surface area contributed by atoms with E-state index in [4.69, 9.17) is 25.8 Å². The molecule has 36 heavy (non-hydrogen) atoms. The van der Waals surface area contributed by atoms with Crippen LogP contribution in [0.5, 0.6) is 17.2 Å². The molecule has 0 bridgehead atoms. The Morgan fingerprint density at radius 3 is 2.42 bits per heavy atom. The molecule has 0 saturated heterocycles. The smallest absolute Gasteiger partial charge is 0.343 e. The van der Waals surface area contributed by atoms with Gasteiger partial charge < -0.3 is 19.5 Å². The third-order valence-electron chi connectivity index (χ3n) is 4.71. The second-order valence-corrected chi connectivity index (χ2v) is 8.42. The van der Waals surface area contributed by atoms with Crippen molar-refractivity contribution in [3.05, 3.63) is 86.8 Å². The summed E-state index contributed by atoms with van der Waals surface area (Å²) in [5.74, 6) is -0.609. The van der Waals surface area contributed by atoms with Crippen LogP contribution in [-0.4, -0.2) is 44.8 Å². The number of amides is 2. The molecule has 0 heterocycles. The molecule has 9 nitrogen and oxygen atoms in total. The lowest BCUT2D eigenvalue weighted by molar-refractivity contribution is -0.120. The molecule has 0 aliphatic carbocycles. The number of nitrogens with zero attached hydrogens (tertiary/aromatic N) is 1. The van der Waals surface area contributed by atoms with Gasteiger partial charge in [0.1, 0.15) is 5.75 Å². The van der Waals surface area contributed by atoms with Gasteiger partial charge in [0.05, 0.1) is 43.1 Å². The Morgan fingerprint density at radius 1 is 0.972 bits per heavy atom. The molecule has 11 heteroatoms. The van der Waals surface area contributed by atoms with E-state index in [2.05, 4.69) is 31.8 Å². The quantitative estimate of drug-likeness (QED) is 0.171. The van der Waals surface area contributed by atoms with E-state index >= 15 is 0 Å². The summed E-state index contributed by atoms with van der Waals surface area (Å²) >= 11 is 9.33. The molecule has 3 aromatic carbocycles. The van der Waals surface area contributed by atoms with Crippen LogP contribution in [0.2, 0.25) is 5.02 Å². The van der Waals surface area contributed by atoms with Gasteiger partial charge in [-0.3, -0.25) is 9.59 Å². The average Bonchev–Trinajstić information content (AvgIpc) is 2.88. The Bertz CT molecular complexity index is 1310. The summed E-state index contributed by atoms with van der Waals surface area (Å²) in [6.45, 7) is -0.318. The van der Waals surface area contributed by atoms with Gasteiger partial charge in [-0.2, -0.15) is 5.10 Å². The monoisotopic (exact) mass is 573 g/mol. The van der Waals surface area contributed by atoms with Crippen molar-refractivity contribution in [3.63, 3.8) is 0 Å². The highest BCUT2D eigenvalue weighted by atomic mass is 79.9. The molecule has 0 spiro atoms. The number of hydrogen-bond donors (Lipinski definition) is 2. The number of halogens is 2. The zero-order valence-electron chi connectivity index (χ0n) is 19.2. The summed E-state index contributed by atoms with van der Waals surface area (Å²) in [5.41, 5.74) is 3.23. The fourth-order valence-corrected chi connectivity index (χ4v) is 3.55. The first-order valence-electron chi connectivity index (χ1n) is 10.4. The Kier molecular flexibility index (Phi) is 9.43. The van der Waals surface area contributed by atoms with E-state index in [-0.39, 0.29) is 28.4 Å². The molecule has 3 aromatic rings. The van der Waals surface area contributed by atoms with Crippen LogP contribution in [0.25, 0.3) is 0 Å². The van der Waals surface area contributed by atoms with Crippen molar-refractivity contribution >= 4 is 51.5 Å². The largest absolute Gasteiger partial charge is 0.493 e. The van der Waals surface area contributed by atoms with E-state index in [0.29, 0.717) is 21.5 Å². The third kappa shape index (κ3) is 7.06. The summed E-state index contributed by atoms with van der Waals surface area (Å²) in [7, 11) is 2.96. The second-order valence-electron chi connectivity index (χ2n) is 7.10. The Hall–Kier alpha value is -3.89. The van der Waals surface area contributed by atoms with Gasteiger partial charge in [-0.25, -0.2) is 10.2 Å². The molecule has 2 amide bonds. The van der Waals surface area contributed by atoms with Crippen molar-refractivity contribution in [2.75, 3.05) is 20.8 Å². The number of hydrazone groups is 1. The van der Waals surface area contributed by atoms with E-state index in [1.165, 1.54) is 26.5 Å². The Labute approximate surface area is 220 Å². The maximum Gasteiger partial charge on any atom is 0.343 e. The van der Waals surface area contributed by atoms with Crippen molar-refractivity contribution in [1.82, 2.24) is 10.7 Å². The summed E-state index contributed by atoms with van der Waals surface area (Å²) in [4.78, 5) is 36.9. The maximum absolute atomic E-state index is 12.7. The van der Waals surface area contributed by atoms with E-state index in [1.807, 2.05) is 0 Å². The first-order chi connectivity index (χ1) is 17.3. The van der Waals surface area contributed by atoms with Crippen LogP contribution >= 0.6 is 27.5 Å². The van der Waals surface area contributed by atoms with Gasteiger partial charge in [-0.05, 0) is 48.5 Å². The highest BCUT2D eigenvalue weighted by Crippen LogP contribution is 2.29. The third-order valence-corrected chi connectivity index (χ3v) is 5.54. The number of methoxy groups -OCH3 is 2. The van der Waals surface area contributed by atoms with Crippen molar-refractivity contribution in [3.8, 4) is 17.2 Å². The van der Waals surface area contributed by atoms with Crippen LogP contribution < -0.4 is 25.0 Å². The molecule has 0 aromatic heterocycles. The number of rotatable bonds is 9. The molecule has 0 unspecified atom stereocenters. The van der Waals surface area contributed by atoms with Crippen molar-refractivity contribution < 1.29 is 28.6 Å². The molecule has 0 radical (unpaired) electrons. The topological polar surface area (TPSA) is 115 Å². The van der Waals surface area contributed by atoms with Crippen LogP contribution in [0.4, 0.5) is 0 Å². The lowest BCUT2D eigenvalue weighted by atomic mass is 10.2. The van der Waals surface area contributed by atoms with E-state index in [9.17, 15) is 14.4 Å². The molecule has 0 saturated carbocycles. The normalized spacial score (nSPS) is 10.6. The second kappa shape index (κ2) is 12.7. The fraction of sp³-hybridized carbons (Fsp3) is 0.120. The summed E-state index contributed by atoms with van der Waals surface area (Å²) in [6, 6.07) is 16.1. The van der Waals surface area contributed by atoms with Crippen LogP contribution in [0, 0.1) is 0 Å².